The van der Waals surface area contributed by atoms with Crippen LogP contribution < -0.4 is 5.32 Å². The zero-order valence-electron chi connectivity index (χ0n) is 16.4. The molecule has 1 saturated carbocycles. The highest BCUT2D eigenvalue weighted by Crippen LogP contribution is 2.63. The van der Waals surface area contributed by atoms with Gasteiger partial charge in [0.1, 0.15) is 5.69 Å². The molecule has 1 aromatic heterocycles. The minimum Gasteiger partial charge on any atom is -0.342 e. The summed E-state index contributed by atoms with van der Waals surface area (Å²) in [7, 11) is 1.56. The van der Waals surface area contributed by atoms with E-state index in [2.05, 4.69) is 43.3 Å². The van der Waals surface area contributed by atoms with Crippen LogP contribution in [0.4, 0.5) is 8.78 Å². The predicted molar refractivity (Wildman–Crippen MR) is 99.4 cm³/mol. The Balaban J connectivity index is 1.75. The molecule has 0 spiro atoms. The van der Waals surface area contributed by atoms with Crippen molar-refractivity contribution < 1.29 is 13.6 Å². The number of amides is 1. The summed E-state index contributed by atoms with van der Waals surface area (Å²) in [6.45, 7) is 6.65. The first-order valence-electron chi connectivity index (χ1n) is 9.69. The van der Waals surface area contributed by atoms with Gasteiger partial charge in [-0.15, -0.1) is 0 Å². The predicted octanol–water partition coefficient (Wildman–Crippen LogP) is 4.56. The molecule has 2 bridgehead atoms. The number of nitrogens with one attached hydrogen (secondary N) is 1. The van der Waals surface area contributed by atoms with Gasteiger partial charge in [0.15, 0.2) is 0 Å². The largest absolute Gasteiger partial charge is 0.342 e. The lowest BCUT2D eigenvalue weighted by Gasteiger charge is -2.42. The number of rotatable bonds is 3. The van der Waals surface area contributed by atoms with Crippen LogP contribution in [0, 0.1) is 17.3 Å². The molecule has 1 fully saturated rings. The minimum atomic E-state index is -2.77. The summed E-state index contributed by atoms with van der Waals surface area (Å²) < 4.78 is 28.0. The molecule has 3 aliphatic carbocycles. The number of allylic oxidation sites excluding steroid dienone is 3. The number of alkyl halides is 2. The smallest absolute Gasteiger partial charge is 0.282 e. The fourth-order valence-corrected chi connectivity index (χ4v) is 5.90. The molecule has 0 saturated heterocycles. The first-order chi connectivity index (χ1) is 12.6. The molecule has 1 N–H and O–H groups in total. The first kappa shape index (κ1) is 18.4. The molecule has 0 aromatic carbocycles. The van der Waals surface area contributed by atoms with E-state index in [4.69, 9.17) is 0 Å². The summed E-state index contributed by atoms with van der Waals surface area (Å²) in [6.07, 6.45) is 6.88. The Morgan fingerprint density at radius 1 is 1.41 bits per heavy atom. The van der Waals surface area contributed by atoms with E-state index in [1.807, 2.05) is 0 Å². The minimum absolute atomic E-state index is 0.000108. The molecule has 3 atom stereocenters. The maximum atomic E-state index is 13.4. The van der Waals surface area contributed by atoms with E-state index in [-0.39, 0.29) is 16.9 Å². The summed E-state index contributed by atoms with van der Waals surface area (Å²) >= 11 is 0. The van der Waals surface area contributed by atoms with Crippen LogP contribution in [0.3, 0.4) is 0 Å². The topological polar surface area (TPSA) is 46.9 Å². The molecule has 4 rings (SSSR count). The van der Waals surface area contributed by atoms with Crippen molar-refractivity contribution in [1.29, 1.82) is 0 Å². The molecule has 4 nitrogen and oxygen atoms in total. The Morgan fingerprint density at radius 3 is 2.81 bits per heavy atom. The van der Waals surface area contributed by atoms with E-state index < -0.39 is 23.6 Å². The van der Waals surface area contributed by atoms with Gasteiger partial charge in [-0.2, -0.15) is 5.10 Å². The molecule has 1 amide bonds. The molecule has 1 heterocycles. The van der Waals surface area contributed by atoms with Gasteiger partial charge in [0.2, 0.25) is 0 Å². The lowest BCUT2D eigenvalue weighted by molar-refractivity contribution is 0.0814. The van der Waals surface area contributed by atoms with Crippen LogP contribution in [0.2, 0.25) is 0 Å². The molecule has 3 aliphatic rings. The van der Waals surface area contributed by atoms with Gasteiger partial charge >= 0.3 is 0 Å². The Bertz CT molecular complexity index is 846. The molecule has 27 heavy (non-hydrogen) atoms. The maximum Gasteiger partial charge on any atom is 0.282 e. The zero-order chi connectivity index (χ0) is 19.6. The molecule has 146 valence electrons. The third-order valence-electron chi connectivity index (χ3n) is 6.51. The second-order valence-corrected chi connectivity index (χ2v) is 9.19. The van der Waals surface area contributed by atoms with E-state index in [9.17, 15) is 13.6 Å². The van der Waals surface area contributed by atoms with Gasteiger partial charge in [-0.1, -0.05) is 32.9 Å². The average molecular weight is 375 g/mol. The van der Waals surface area contributed by atoms with Crippen LogP contribution in [-0.2, 0) is 7.05 Å². The SMILES string of the molecule is Cn1cc(C(=O)NC23CCC(C4=C2CCC=C4)C3C(C)(C)C)c(C(F)F)n1. The number of hydrogen-bond acceptors (Lipinski definition) is 2. The fourth-order valence-electron chi connectivity index (χ4n) is 5.90. The standard InChI is InChI=1S/C21H27F2N3O/c1-20(2,3)17-13-9-10-21(17,15-8-6-5-7-12(13)15)24-19(27)14-11-26(4)25-16(14)18(22)23/h5,7,11,13,17-18H,6,8-10H2,1-4H3,(H,24,27). The lowest BCUT2D eigenvalue weighted by Crippen LogP contribution is -2.54. The fraction of sp³-hybridized carbons (Fsp3) is 0.619. The summed E-state index contributed by atoms with van der Waals surface area (Å²) in [5, 5.41) is 7.04. The Kier molecular flexibility index (Phi) is 4.09. The third-order valence-corrected chi connectivity index (χ3v) is 6.51. The number of aromatic nitrogens is 2. The second-order valence-electron chi connectivity index (χ2n) is 9.19. The van der Waals surface area contributed by atoms with E-state index in [1.54, 1.807) is 7.05 Å². The van der Waals surface area contributed by atoms with Crippen molar-refractivity contribution >= 4 is 5.91 Å². The number of carbonyl (C=O) groups is 1. The summed E-state index contributed by atoms with van der Waals surface area (Å²) in [5.74, 6) is 0.269. The molecule has 0 radical (unpaired) electrons. The van der Waals surface area contributed by atoms with E-state index in [1.165, 1.54) is 22.0 Å². The summed E-state index contributed by atoms with van der Waals surface area (Å²) in [5.41, 5.74) is 1.79. The van der Waals surface area contributed by atoms with Crippen molar-refractivity contribution in [2.75, 3.05) is 0 Å². The average Bonchev–Trinajstić information content (AvgIpc) is 3.23. The Labute approximate surface area is 158 Å². The van der Waals surface area contributed by atoms with Crippen LogP contribution in [0.15, 0.2) is 29.5 Å². The highest BCUT2D eigenvalue weighted by atomic mass is 19.3. The maximum absolute atomic E-state index is 13.4. The van der Waals surface area contributed by atoms with Gasteiger partial charge in [0, 0.05) is 13.2 Å². The highest BCUT2D eigenvalue weighted by Gasteiger charge is 2.61. The van der Waals surface area contributed by atoms with Crippen LogP contribution >= 0.6 is 0 Å². The van der Waals surface area contributed by atoms with E-state index in [0.29, 0.717) is 5.92 Å². The summed E-state index contributed by atoms with van der Waals surface area (Å²) in [4.78, 5) is 13.1. The van der Waals surface area contributed by atoms with Gasteiger partial charge in [0.25, 0.3) is 12.3 Å². The quantitative estimate of drug-likeness (QED) is 0.842. The van der Waals surface area contributed by atoms with Crippen LogP contribution in [-0.4, -0.2) is 21.2 Å². The van der Waals surface area contributed by atoms with Gasteiger partial charge in [-0.3, -0.25) is 9.48 Å². The van der Waals surface area contributed by atoms with E-state index in [0.717, 1.165) is 25.7 Å². The van der Waals surface area contributed by atoms with E-state index >= 15 is 0 Å². The highest BCUT2D eigenvalue weighted by molar-refractivity contribution is 5.96. The molecular formula is C21H27F2N3O. The molecule has 1 aromatic rings. The first-order valence-corrected chi connectivity index (χ1v) is 9.69. The van der Waals surface area contributed by atoms with Crippen molar-refractivity contribution in [2.45, 2.75) is 58.4 Å². The Morgan fingerprint density at radius 2 is 2.15 bits per heavy atom. The molecule has 6 heteroatoms. The van der Waals surface area contributed by atoms with Gasteiger partial charge in [-0.25, -0.2) is 8.78 Å². The number of carbonyl (C=O) groups excluding carboxylic acids is 1. The number of hydrogen-bond donors (Lipinski definition) is 1. The van der Waals surface area contributed by atoms with Crippen molar-refractivity contribution in [3.8, 4) is 0 Å². The molecule has 3 unspecified atom stereocenters. The number of aryl methyl sites for hydroxylation is 1. The normalized spacial score (nSPS) is 29.6. The zero-order valence-corrected chi connectivity index (χ0v) is 16.4. The number of halogens is 2. The van der Waals surface area contributed by atoms with Crippen molar-refractivity contribution in [2.24, 2.45) is 24.3 Å². The summed E-state index contributed by atoms with van der Waals surface area (Å²) in [6, 6.07) is 0. The second kappa shape index (κ2) is 6.01. The lowest BCUT2D eigenvalue weighted by atomic mass is 9.68. The van der Waals surface area contributed by atoms with Gasteiger partial charge in [-0.05, 0) is 54.1 Å². The van der Waals surface area contributed by atoms with Crippen LogP contribution in [0.25, 0.3) is 0 Å². The van der Waals surface area contributed by atoms with Crippen LogP contribution in [0.5, 0.6) is 0 Å². The van der Waals surface area contributed by atoms with Gasteiger partial charge < -0.3 is 5.32 Å². The van der Waals surface area contributed by atoms with Gasteiger partial charge in [0.05, 0.1) is 11.1 Å². The monoisotopic (exact) mass is 375 g/mol. The number of nitrogens with zero attached hydrogens (tertiary/aromatic N) is 2. The van der Waals surface area contributed by atoms with Crippen molar-refractivity contribution in [3.05, 3.63) is 40.8 Å². The number of fused-ring (bicyclic) bond motifs is 4. The van der Waals surface area contributed by atoms with Crippen LogP contribution in [0.1, 0.15) is 68.9 Å². The third kappa shape index (κ3) is 2.67. The molecule has 0 aliphatic heterocycles. The van der Waals surface area contributed by atoms with Crippen molar-refractivity contribution in [3.63, 3.8) is 0 Å². The Hall–Kier alpha value is -1.98. The van der Waals surface area contributed by atoms with Crippen molar-refractivity contribution in [1.82, 2.24) is 15.1 Å². The molecular weight excluding hydrogens is 348 g/mol.